The first-order chi connectivity index (χ1) is 17.2. The molecule has 3 rings (SSSR count). The Labute approximate surface area is 253 Å². The number of rotatable bonds is 4. The van der Waals surface area contributed by atoms with E-state index in [0.717, 1.165) is 0 Å². The van der Waals surface area contributed by atoms with Crippen molar-refractivity contribution in [1.29, 1.82) is 0 Å². The van der Waals surface area contributed by atoms with Gasteiger partial charge in [-0.2, -0.15) is 0 Å². The van der Waals surface area contributed by atoms with E-state index in [2.05, 4.69) is 117 Å². The van der Waals surface area contributed by atoms with Crippen LogP contribution >= 0.6 is 0 Å². The van der Waals surface area contributed by atoms with E-state index in [0.29, 0.717) is 11.1 Å². The monoisotopic (exact) mass is 593 g/mol. The van der Waals surface area contributed by atoms with Crippen molar-refractivity contribution in [3.8, 4) is 0 Å². The second-order valence-corrected chi connectivity index (χ2v) is 9.27. The molecule has 0 amide bonds. The third-order valence-electron chi connectivity index (χ3n) is 5.49. The Balaban J connectivity index is -0.000000679. The molecule has 2 aromatic carbocycles. The molecule has 0 bridgehead atoms. The number of hydrogen-bond acceptors (Lipinski definition) is 6. The molecule has 1 aliphatic heterocycles. The topological polar surface area (TPSA) is 59.1 Å². The third-order valence-corrected chi connectivity index (χ3v) is 5.49. The first-order valence-electron chi connectivity index (χ1n) is 12.0. The average Bonchev–Trinajstić information content (AvgIpc) is 3.26. The summed E-state index contributed by atoms with van der Waals surface area (Å²) in [5.74, 6) is -0.694. The molecule has 0 saturated carbocycles. The van der Waals surface area contributed by atoms with Crippen molar-refractivity contribution >= 4 is 23.3 Å². The number of hydrogen-bond donors (Lipinski definition) is 0. The second-order valence-electron chi connectivity index (χ2n) is 9.27. The summed E-state index contributed by atoms with van der Waals surface area (Å²) in [5.41, 5.74) is 11.3. The van der Waals surface area contributed by atoms with Crippen LogP contribution in [0.25, 0.3) is 0 Å². The summed E-state index contributed by atoms with van der Waals surface area (Å²) in [6.07, 6.45) is 4.28. The van der Waals surface area contributed by atoms with Crippen LogP contribution in [0.4, 0.5) is 11.4 Å². The van der Waals surface area contributed by atoms with Crippen LogP contribution in [0.15, 0.2) is 61.0 Å². The number of nitrogens with zero attached hydrogens (tertiary/aromatic N) is 2. The van der Waals surface area contributed by atoms with Crippen molar-refractivity contribution in [2.45, 2.75) is 55.4 Å². The molecule has 1 radical (unpaired) electrons. The van der Waals surface area contributed by atoms with Gasteiger partial charge in [-0.15, -0.1) is 6.67 Å². The smallest absolute Gasteiger partial charge is 0.479 e. The number of methoxy groups -OCH3 is 2. The Bertz CT molecular complexity index is 1060. The molecule has 0 fully saturated rings. The molecule has 0 spiro atoms. The first-order valence-corrected chi connectivity index (χ1v) is 12.0. The van der Waals surface area contributed by atoms with E-state index in [1.165, 1.54) is 59.0 Å². The van der Waals surface area contributed by atoms with Gasteiger partial charge in [-0.3, -0.25) is 0 Å². The minimum Gasteiger partial charge on any atom is -0.479 e. The molecule has 1 aliphatic rings. The fourth-order valence-corrected chi connectivity index (χ4v) is 4.13. The maximum absolute atomic E-state index is 10.2. The second kappa shape index (κ2) is 18.9. The zero-order valence-corrected chi connectivity index (χ0v) is 27.3. The van der Waals surface area contributed by atoms with Gasteiger partial charge >= 0.3 is 28.4 Å². The van der Waals surface area contributed by atoms with Crippen LogP contribution in [0.5, 0.6) is 0 Å². The number of carbonyl (C=O) groups excluding carboxylic acids is 2. The predicted molar refractivity (Wildman–Crippen MR) is 166 cm³/mol. The first kappa shape index (κ1) is 41.2. The molecular formula is C33H47N2NiO4. The summed E-state index contributed by atoms with van der Waals surface area (Å²) in [5, 5.41) is 0. The van der Waals surface area contributed by atoms with Crippen molar-refractivity contribution in [2.24, 2.45) is 0 Å². The number of ether oxygens (including phenoxy) is 2. The van der Waals surface area contributed by atoms with Gasteiger partial charge in [0.15, 0.2) is 0 Å². The quantitative estimate of drug-likeness (QED) is 0.156. The standard InChI is InChI=1S/C21H25N2.2C5H8O2.2CH3.Ni/c1-14-9-16(3)20(17(4)10-14)22-7-8-23(13-22)21-18(5)11-15(2)12-19(21)6;2*1-4(2)5(6)7-3;;;/h7-13H,1-6H3;2*1H2,2-3H3;2*1H3;/q-1;;;2*-1;+3. The van der Waals surface area contributed by atoms with E-state index in [-0.39, 0.29) is 43.3 Å². The van der Waals surface area contributed by atoms with Crippen molar-refractivity contribution in [3.63, 3.8) is 0 Å². The van der Waals surface area contributed by atoms with Gasteiger partial charge in [-0.25, -0.2) is 9.59 Å². The van der Waals surface area contributed by atoms with E-state index in [4.69, 9.17) is 0 Å². The summed E-state index contributed by atoms with van der Waals surface area (Å²) in [6, 6.07) is 8.98. The van der Waals surface area contributed by atoms with Crippen molar-refractivity contribution in [3.05, 3.63) is 116 Å². The minimum atomic E-state index is -0.347. The van der Waals surface area contributed by atoms with Crippen molar-refractivity contribution in [2.75, 3.05) is 24.0 Å². The summed E-state index contributed by atoms with van der Waals surface area (Å²) in [6.45, 7) is 25.1. The molecule has 223 valence electrons. The van der Waals surface area contributed by atoms with E-state index < -0.39 is 0 Å². The number of aryl methyl sites for hydroxylation is 6. The van der Waals surface area contributed by atoms with E-state index in [1.54, 1.807) is 13.8 Å². The Morgan fingerprint density at radius 3 is 1.07 bits per heavy atom. The molecule has 0 saturated heterocycles. The molecule has 0 aliphatic carbocycles. The molecule has 7 heteroatoms. The maximum Gasteiger partial charge on any atom is 3.00 e. The Morgan fingerprint density at radius 2 is 0.900 bits per heavy atom. The number of esters is 2. The number of benzene rings is 2. The van der Waals surface area contributed by atoms with Crippen molar-refractivity contribution < 1.29 is 35.6 Å². The summed E-state index contributed by atoms with van der Waals surface area (Å²) in [4.78, 5) is 24.8. The molecule has 0 unspecified atom stereocenters. The fraction of sp³-hybridized carbons (Fsp3) is 0.303. The van der Waals surface area contributed by atoms with Crippen molar-refractivity contribution in [1.82, 2.24) is 0 Å². The molecule has 0 atom stereocenters. The maximum atomic E-state index is 10.2. The van der Waals surface area contributed by atoms with Gasteiger partial charge in [0.25, 0.3) is 0 Å². The van der Waals surface area contributed by atoms with Gasteiger partial charge in [0.1, 0.15) is 0 Å². The van der Waals surface area contributed by atoms with Crippen LogP contribution < -0.4 is 9.80 Å². The summed E-state index contributed by atoms with van der Waals surface area (Å²) >= 11 is 0. The van der Waals surface area contributed by atoms with E-state index >= 15 is 0 Å². The fourth-order valence-electron chi connectivity index (χ4n) is 4.13. The number of carbonyl (C=O) groups is 2. The summed E-state index contributed by atoms with van der Waals surface area (Å²) < 4.78 is 8.55. The third kappa shape index (κ3) is 11.8. The zero-order chi connectivity index (χ0) is 28.4. The largest absolute Gasteiger partial charge is 3.00 e. The Morgan fingerprint density at radius 1 is 0.650 bits per heavy atom. The molecule has 1 heterocycles. The normalized spacial score (nSPS) is 10.8. The molecular weight excluding hydrogens is 547 g/mol. The molecule has 6 nitrogen and oxygen atoms in total. The summed E-state index contributed by atoms with van der Waals surface area (Å²) in [7, 11) is 2.66. The van der Waals surface area contributed by atoms with Gasteiger partial charge in [-0.1, -0.05) is 48.6 Å². The Hall–Kier alpha value is -3.31. The van der Waals surface area contributed by atoms with Crippen LogP contribution in [0.1, 0.15) is 47.2 Å². The van der Waals surface area contributed by atoms with E-state index in [1.807, 2.05) is 0 Å². The van der Waals surface area contributed by atoms with Crippen LogP contribution in [-0.4, -0.2) is 26.2 Å². The molecule has 40 heavy (non-hydrogen) atoms. The van der Waals surface area contributed by atoms with E-state index in [9.17, 15) is 9.59 Å². The van der Waals surface area contributed by atoms with Gasteiger partial charge < -0.3 is 34.1 Å². The van der Waals surface area contributed by atoms with Gasteiger partial charge in [-0.05, 0) is 90.0 Å². The number of anilines is 2. The average molecular weight is 594 g/mol. The zero-order valence-electron chi connectivity index (χ0n) is 26.3. The SMILES string of the molecule is C=C(C)C(=O)OC.C=C(C)C(=O)OC.Cc1cc(C)c(N2C=CN(c3c(C)cc(C)cc3C)[CH-]2)c(C)c1.[CH3-].[CH3-].[Ni+3]. The Kier molecular flexibility index (Phi) is 19.4. The van der Waals surface area contributed by atoms with Crippen LogP contribution in [0.2, 0.25) is 0 Å². The molecule has 0 aromatic heterocycles. The molecule has 0 N–H and O–H groups in total. The van der Waals surface area contributed by atoms with Gasteiger partial charge in [0.05, 0.1) is 14.2 Å². The minimum absolute atomic E-state index is 0. The van der Waals surface area contributed by atoms with Gasteiger partial charge in [0.2, 0.25) is 0 Å². The van der Waals surface area contributed by atoms with Crippen LogP contribution in [0, 0.1) is 63.1 Å². The van der Waals surface area contributed by atoms with Crippen LogP contribution in [-0.2, 0) is 35.6 Å². The van der Waals surface area contributed by atoms with Crippen LogP contribution in [0.3, 0.4) is 0 Å². The predicted octanol–water partition coefficient (Wildman–Crippen LogP) is 7.82. The molecule has 2 aromatic rings. The van der Waals surface area contributed by atoms with Gasteiger partial charge in [0, 0.05) is 22.5 Å².